The molecule has 32 heavy (non-hydrogen) atoms. The Labute approximate surface area is 181 Å². The Morgan fingerprint density at radius 1 is 1.22 bits per heavy atom. The van der Waals surface area contributed by atoms with Crippen LogP contribution in [0.2, 0.25) is 0 Å². The van der Waals surface area contributed by atoms with Gasteiger partial charge in [0.25, 0.3) is 5.56 Å². The molecule has 0 aromatic carbocycles. The number of fused-ring (bicyclic) bond motifs is 1. The number of rotatable bonds is 2. The molecule has 1 aliphatic carbocycles. The number of anilines is 1. The van der Waals surface area contributed by atoms with Crippen LogP contribution >= 0.6 is 0 Å². The van der Waals surface area contributed by atoms with Crippen molar-refractivity contribution in [3.8, 4) is 11.3 Å². The number of pyridine rings is 1. The van der Waals surface area contributed by atoms with Gasteiger partial charge in [-0.2, -0.15) is 23.3 Å². The number of aromatic nitrogens is 5. The number of nitrogens with one attached hydrogen (secondary N) is 1. The van der Waals surface area contributed by atoms with Crippen LogP contribution in [0, 0.1) is 11.3 Å². The average molecular weight is 447 g/mol. The van der Waals surface area contributed by atoms with Crippen molar-refractivity contribution in [3.05, 3.63) is 34.9 Å². The lowest BCUT2D eigenvalue weighted by Crippen LogP contribution is -2.48. The van der Waals surface area contributed by atoms with Crippen LogP contribution in [0.4, 0.5) is 19.1 Å². The highest BCUT2D eigenvalue weighted by Crippen LogP contribution is 2.52. The third-order valence-electron chi connectivity index (χ3n) is 7.21. The number of nitrogens with zero attached hydrogens (tertiary/aromatic N) is 5. The predicted molar refractivity (Wildman–Crippen MR) is 113 cm³/mol. The molecule has 2 atom stereocenters. The highest BCUT2D eigenvalue weighted by molar-refractivity contribution is 5.90. The predicted octanol–water partition coefficient (Wildman–Crippen LogP) is 2.60. The molecule has 3 aromatic rings. The third-order valence-corrected chi connectivity index (χ3v) is 7.21. The van der Waals surface area contributed by atoms with E-state index in [1.165, 1.54) is 4.57 Å². The summed E-state index contributed by atoms with van der Waals surface area (Å²) < 4.78 is 41.3. The fourth-order valence-electron chi connectivity index (χ4n) is 5.31. The van der Waals surface area contributed by atoms with Gasteiger partial charge in [0.05, 0.1) is 5.92 Å². The van der Waals surface area contributed by atoms with E-state index < -0.39 is 23.6 Å². The fraction of sp³-hybridized carbons (Fsp3) is 0.524. The van der Waals surface area contributed by atoms with E-state index in [0.717, 1.165) is 5.56 Å². The smallest absolute Gasteiger partial charge is 0.342 e. The minimum absolute atomic E-state index is 0.0158. The molecule has 2 fully saturated rings. The topological polar surface area (TPSA) is 106 Å². The summed E-state index contributed by atoms with van der Waals surface area (Å²) in [6.07, 6.45) is 0.193. The van der Waals surface area contributed by atoms with E-state index in [4.69, 9.17) is 5.73 Å². The van der Waals surface area contributed by atoms with Gasteiger partial charge in [0.1, 0.15) is 11.1 Å². The van der Waals surface area contributed by atoms with Gasteiger partial charge < -0.3 is 10.6 Å². The number of hydrogen-bond donors (Lipinski definition) is 2. The lowest BCUT2D eigenvalue weighted by Gasteiger charge is -2.42. The second-order valence-electron chi connectivity index (χ2n) is 8.94. The van der Waals surface area contributed by atoms with Crippen LogP contribution in [0.1, 0.15) is 25.7 Å². The van der Waals surface area contributed by atoms with Gasteiger partial charge in [-0.25, -0.2) is 0 Å². The molecule has 3 aromatic heterocycles. The summed E-state index contributed by atoms with van der Waals surface area (Å²) in [7, 11) is 1.65. The Morgan fingerprint density at radius 2 is 1.91 bits per heavy atom. The second kappa shape index (κ2) is 7.29. The maximum Gasteiger partial charge on any atom is 0.391 e. The van der Waals surface area contributed by atoms with Crippen LogP contribution in [0.25, 0.3) is 22.3 Å². The molecule has 0 radical (unpaired) electrons. The minimum atomic E-state index is -4.21. The SMILES string of the molecule is Cn1c(N2CCC3(CC2)C[C@@H](C(F)(F)F)C[C@H]3N)nc2[nH]nc(-c3ccncc3)c2c1=O. The molecule has 11 heteroatoms. The number of H-pyrrole nitrogens is 1. The molecule has 5 rings (SSSR count). The molecular weight excluding hydrogens is 423 g/mol. The summed E-state index contributed by atoms with van der Waals surface area (Å²) in [5.41, 5.74) is 7.09. The molecular formula is C21H24F3N7O. The zero-order chi connectivity index (χ0) is 22.7. The van der Waals surface area contributed by atoms with Crippen molar-refractivity contribution in [2.75, 3.05) is 18.0 Å². The van der Waals surface area contributed by atoms with Gasteiger partial charge in [0.2, 0.25) is 5.95 Å². The van der Waals surface area contributed by atoms with Crippen LogP contribution in [-0.2, 0) is 7.05 Å². The Kier molecular flexibility index (Phi) is 4.77. The molecule has 1 aliphatic heterocycles. The first-order valence-corrected chi connectivity index (χ1v) is 10.6. The van der Waals surface area contributed by atoms with Crippen LogP contribution in [0.3, 0.4) is 0 Å². The maximum absolute atomic E-state index is 13.3. The maximum atomic E-state index is 13.3. The van der Waals surface area contributed by atoms with Crippen molar-refractivity contribution in [2.45, 2.75) is 37.9 Å². The van der Waals surface area contributed by atoms with Gasteiger partial charge in [-0.3, -0.25) is 19.4 Å². The van der Waals surface area contributed by atoms with E-state index in [0.29, 0.717) is 48.6 Å². The van der Waals surface area contributed by atoms with E-state index in [2.05, 4.69) is 20.2 Å². The number of alkyl halides is 3. The average Bonchev–Trinajstić information content (AvgIpc) is 3.34. The first-order chi connectivity index (χ1) is 15.2. The Bertz CT molecular complexity index is 1200. The monoisotopic (exact) mass is 447 g/mol. The lowest BCUT2D eigenvalue weighted by molar-refractivity contribution is -0.174. The molecule has 1 saturated heterocycles. The largest absolute Gasteiger partial charge is 0.391 e. The van der Waals surface area contributed by atoms with Crippen LogP contribution in [-0.4, -0.2) is 50.0 Å². The normalized spacial score (nSPS) is 23.3. The quantitative estimate of drug-likeness (QED) is 0.626. The molecule has 0 bridgehead atoms. The Hall–Kier alpha value is -2.95. The molecule has 1 spiro atoms. The van der Waals surface area contributed by atoms with E-state index in [1.807, 2.05) is 4.90 Å². The number of nitrogens with two attached hydrogens (primary N) is 1. The first kappa shape index (κ1) is 20.9. The molecule has 0 unspecified atom stereocenters. The van der Waals surface area contributed by atoms with Gasteiger partial charge in [0, 0.05) is 44.1 Å². The van der Waals surface area contributed by atoms with Gasteiger partial charge in [0.15, 0.2) is 5.65 Å². The highest BCUT2D eigenvalue weighted by Gasteiger charge is 2.55. The molecule has 170 valence electrons. The molecule has 0 amide bonds. The molecule has 3 N–H and O–H groups in total. The van der Waals surface area contributed by atoms with Crippen molar-refractivity contribution in [3.63, 3.8) is 0 Å². The van der Waals surface area contributed by atoms with Gasteiger partial charge in [-0.05, 0) is 43.2 Å². The summed E-state index contributed by atoms with van der Waals surface area (Å²) in [6, 6.07) is 3.07. The van der Waals surface area contributed by atoms with E-state index in [-0.39, 0.29) is 18.4 Å². The van der Waals surface area contributed by atoms with Crippen molar-refractivity contribution in [2.24, 2.45) is 24.1 Å². The van der Waals surface area contributed by atoms with E-state index in [9.17, 15) is 18.0 Å². The Balaban J connectivity index is 1.42. The molecule has 4 heterocycles. The van der Waals surface area contributed by atoms with E-state index in [1.54, 1.807) is 31.6 Å². The molecule has 8 nitrogen and oxygen atoms in total. The summed E-state index contributed by atoms with van der Waals surface area (Å²) in [6.45, 7) is 0.991. The standard InChI is InChI=1S/C21H24F3N7O/c1-30-18(32)15-16(12-2-6-26-7-3-12)28-29-17(15)27-19(30)31-8-4-20(5-9-31)11-13(10-14(20)25)21(22,23)24/h2-3,6-7,13-14H,4-5,8-11,25H2,1H3,(H,28,29)/t13-,14+/m0/s1. The lowest BCUT2D eigenvalue weighted by atomic mass is 9.74. The number of aromatic amines is 1. The summed E-state index contributed by atoms with van der Waals surface area (Å²) in [4.78, 5) is 23.8. The fourth-order valence-corrected chi connectivity index (χ4v) is 5.31. The van der Waals surface area contributed by atoms with Crippen molar-refractivity contribution in [1.29, 1.82) is 0 Å². The van der Waals surface area contributed by atoms with Gasteiger partial charge >= 0.3 is 6.18 Å². The molecule has 2 aliphatic rings. The van der Waals surface area contributed by atoms with Crippen LogP contribution in [0.15, 0.2) is 29.3 Å². The van der Waals surface area contributed by atoms with Crippen molar-refractivity contribution < 1.29 is 13.2 Å². The number of piperidine rings is 1. The van der Waals surface area contributed by atoms with Crippen molar-refractivity contribution in [1.82, 2.24) is 24.7 Å². The first-order valence-electron chi connectivity index (χ1n) is 10.6. The van der Waals surface area contributed by atoms with Crippen molar-refractivity contribution >= 4 is 17.0 Å². The highest BCUT2D eigenvalue weighted by atomic mass is 19.4. The zero-order valence-electron chi connectivity index (χ0n) is 17.6. The zero-order valence-corrected chi connectivity index (χ0v) is 17.6. The number of halogens is 3. The Morgan fingerprint density at radius 3 is 2.53 bits per heavy atom. The third kappa shape index (κ3) is 3.26. The van der Waals surface area contributed by atoms with Gasteiger partial charge in [-0.15, -0.1) is 0 Å². The minimum Gasteiger partial charge on any atom is -0.342 e. The molecule has 1 saturated carbocycles. The summed E-state index contributed by atoms with van der Waals surface area (Å²) in [5, 5.41) is 7.52. The van der Waals surface area contributed by atoms with Gasteiger partial charge in [-0.1, -0.05) is 0 Å². The van der Waals surface area contributed by atoms with Crippen LogP contribution in [0.5, 0.6) is 0 Å². The summed E-state index contributed by atoms with van der Waals surface area (Å²) >= 11 is 0. The van der Waals surface area contributed by atoms with Crippen LogP contribution < -0.4 is 16.2 Å². The summed E-state index contributed by atoms with van der Waals surface area (Å²) in [5.74, 6) is -0.860. The van der Waals surface area contributed by atoms with E-state index >= 15 is 0 Å². The second-order valence-corrected chi connectivity index (χ2v) is 8.94. The number of hydrogen-bond acceptors (Lipinski definition) is 6.